The van der Waals surface area contributed by atoms with Crippen LogP contribution in [0, 0.1) is 0 Å². The molecule has 0 saturated carbocycles. The molecule has 3 nitrogen and oxygen atoms in total. The van der Waals surface area contributed by atoms with Crippen LogP contribution in [0.15, 0.2) is 22.8 Å². The third-order valence-corrected chi connectivity index (χ3v) is 2.98. The van der Waals surface area contributed by atoms with Crippen molar-refractivity contribution in [3.8, 4) is 5.88 Å². The zero-order valence-electron chi connectivity index (χ0n) is 8.58. The third-order valence-electron chi connectivity index (χ3n) is 2.51. The molecule has 1 saturated heterocycles. The Hall–Kier alpha value is -0.610. The van der Waals surface area contributed by atoms with E-state index in [1.54, 1.807) is 6.20 Å². The quantitative estimate of drug-likeness (QED) is 0.896. The largest absolute Gasteiger partial charge is 0.474 e. The highest BCUT2D eigenvalue weighted by Gasteiger charge is 2.13. The monoisotopic (exact) mass is 270 g/mol. The van der Waals surface area contributed by atoms with Gasteiger partial charge in [0.2, 0.25) is 5.88 Å². The fourth-order valence-corrected chi connectivity index (χ4v) is 1.94. The Kier molecular flexibility index (Phi) is 3.97. The van der Waals surface area contributed by atoms with E-state index in [1.807, 2.05) is 12.1 Å². The maximum atomic E-state index is 5.82. The minimum atomic E-state index is 0.314. The zero-order valence-corrected chi connectivity index (χ0v) is 10.2. The number of hydrogen-bond donors (Lipinski definition) is 1. The number of hydrogen-bond acceptors (Lipinski definition) is 3. The molecule has 0 radical (unpaired) electrons. The normalized spacial score (nSPS) is 22.1. The second-order valence-corrected chi connectivity index (χ2v) is 4.65. The van der Waals surface area contributed by atoms with Crippen molar-refractivity contribution in [1.29, 1.82) is 0 Å². The van der Waals surface area contributed by atoms with Crippen molar-refractivity contribution < 1.29 is 4.74 Å². The predicted molar refractivity (Wildman–Crippen MR) is 63.1 cm³/mol. The molecule has 82 valence electrons. The topological polar surface area (TPSA) is 34.1 Å². The molecule has 2 rings (SSSR count). The summed E-state index contributed by atoms with van der Waals surface area (Å²) in [5.41, 5.74) is 0. The molecule has 1 atom stereocenters. The van der Waals surface area contributed by atoms with Gasteiger partial charge in [-0.25, -0.2) is 4.98 Å². The summed E-state index contributed by atoms with van der Waals surface area (Å²) in [5.74, 6) is 0.727. The number of halogens is 1. The summed E-state index contributed by atoms with van der Waals surface area (Å²) in [6, 6.07) is 3.86. The highest BCUT2D eigenvalue weighted by Crippen LogP contribution is 2.17. The molecule has 1 aliphatic rings. The molecule has 0 bridgehead atoms. The average Bonchev–Trinajstić information content (AvgIpc) is 2.50. The molecule has 1 unspecified atom stereocenters. The van der Waals surface area contributed by atoms with Crippen LogP contribution >= 0.6 is 15.9 Å². The summed E-state index contributed by atoms with van der Waals surface area (Å²) in [7, 11) is 0. The van der Waals surface area contributed by atoms with Gasteiger partial charge in [0.1, 0.15) is 6.10 Å². The van der Waals surface area contributed by atoms with Gasteiger partial charge < -0.3 is 10.1 Å². The van der Waals surface area contributed by atoms with E-state index in [0.717, 1.165) is 36.3 Å². The summed E-state index contributed by atoms with van der Waals surface area (Å²) in [6.07, 6.45) is 5.45. The van der Waals surface area contributed by atoms with Crippen molar-refractivity contribution in [1.82, 2.24) is 10.3 Å². The van der Waals surface area contributed by atoms with Gasteiger partial charge in [0.15, 0.2) is 0 Å². The van der Waals surface area contributed by atoms with Gasteiger partial charge in [-0.3, -0.25) is 0 Å². The maximum Gasteiger partial charge on any atom is 0.213 e. The van der Waals surface area contributed by atoms with Crippen LogP contribution in [0.5, 0.6) is 5.88 Å². The number of pyridine rings is 1. The molecule has 2 heterocycles. The van der Waals surface area contributed by atoms with Crippen molar-refractivity contribution in [3.05, 3.63) is 22.8 Å². The van der Waals surface area contributed by atoms with Crippen molar-refractivity contribution in [3.63, 3.8) is 0 Å². The summed E-state index contributed by atoms with van der Waals surface area (Å²) in [6.45, 7) is 2.15. The van der Waals surface area contributed by atoms with Gasteiger partial charge in [-0.2, -0.15) is 0 Å². The maximum absolute atomic E-state index is 5.82. The van der Waals surface area contributed by atoms with Gasteiger partial charge in [0.25, 0.3) is 0 Å². The number of ether oxygens (including phenoxy) is 1. The number of nitrogens with one attached hydrogen (secondary N) is 1. The Labute approximate surface area is 98.4 Å². The minimum Gasteiger partial charge on any atom is -0.474 e. The van der Waals surface area contributed by atoms with Gasteiger partial charge in [0.05, 0.1) is 0 Å². The molecule has 0 aromatic carbocycles. The van der Waals surface area contributed by atoms with E-state index in [-0.39, 0.29) is 0 Å². The summed E-state index contributed by atoms with van der Waals surface area (Å²) < 4.78 is 6.80. The van der Waals surface area contributed by atoms with E-state index < -0.39 is 0 Å². The smallest absolute Gasteiger partial charge is 0.213 e. The van der Waals surface area contributed by atoms with Crippen LogP contribution in [0.2, 0.25) is 0 Å². The zero-order chi connectivity index (χ0) is 10.5. The lowest BCUT2D eigenvalue weighted by atomic mass is 10.2. The molecule has 1 aromatic rings. The Balaban J connectivity index is 1.92. The van der Waals surface area contributed by atoms with Crippen LogP contribution in [0.4, 0.5) is 0 Å². The molecule has 0 spiro atoms. The molecular weight excluding hydrogens is 256 g/mol. The van der Waals surface area contributed by atoms with Gasteiger partial charge in [-0.1, -0.05) is 0 Å². The fraction of sp³-hybridized carbons (Fsp3) is 0.545. The standard InChI is InChI=1S/C11H15BrN2O/c12-9-3-4-11(14-8-9)15-10-2-1-6-13-7-5-10/h3-4,8,10,13H,1-2,5-7H2. The lowest BCUT2D eigenvalue weighted by Gasteiger charge is -2.15. The van der Waals surface area contributed by atoms with Gasteiger partial charge >= 0.3 is 0 Å². The molecule has 0 aliphatic carbocycles. The molecule has 15 heavy (non-hydrogen) atoms. The summed E-state index contributed by atoms with van der Waals surface area (Å²) >= 11 is 3.36. The highest BCUT2D eigenvalue weighted by molar-refractivity contribution is 9.10. The first-order valence-corrected chi connectivity index (χ1v) is 6.13. The lowest BCUT2D eigenvalue weighted by Crippen LogP contribution is -2.19. The summed E-state index contributed by atoms with van der Waals surface area (Å²) in [4.78, 5) is 4.21. The van der Waals surface area contributed by atoms with E-state index in [0.29, 0.717) is 6.10 Å². The number of rotatable bonds is 2. The Morgan fingerprint density at radius 3 is 3.07 bits per heavy atom. The van der Waals surface area contributed by atoms with Crippen molar-refractivity contribution in [2.75, 3.05) is 13.1 Å². The van der Waals surface area contributed by atoms with E-state index in [2.05, 4.69) is 26.2 Å². The van der Waals surface area contributed by atoms with Crippen LogP contribution in [-0.2, 0) is 0 Å². The van der Waals surface area contributed by atoms with Crippen molar-refractivity contribution >= 4 is 15.9 Å². The number of nitrogens with zero attached hydrogens (tertiary/aromatic N) is 1. The van der Waals surface area contributed by atoms with Crippen LogP contribution in [0.1, 0.15) is 19.3 Å². The Morgan fingerprint density at radius 2 is 2.27 bits per heavy atom. The molecule has 1 aromatic heterocycles. The Bertz CT molecular complexity index is 294. The molecule has 4 heteroatoms. The molecular formula is C11H15BrN2O. The van der Waals surface area contributed by atoms with E-state index in [9.17, 15) is 0 Å². The van der Waals surface area contributed by atoms with Crippen LogP contribution in [0.25, 0.3) is 0 Å². The minimum absolute atomic E-state index is 0.314. The molecule has 1 aliphatic heterocycles. The second-order valence-electron chi connectivity index (χ2n) is 3.74. The summed E-state index contributed by atoms with van der Waals surface area (Å²) in [5, 5.41) is 3.36. The molecule has 1 N–H and O–H groups in total. The second kappa shape index (κ2) is 5.47. The fourth-order valence-electron chi connectivity index (χ4n) is 1.71. The van der Waals surface area contributed by atoms with Crippen LogP contribution in [0.3, 0.4) is 0 Å². The van der Waals surface area contributed by atoms with E-state index >= 15 is 0 Å². The first-order valence-electron chi connectivity index (χ1n) is 5.33. The van der Waals surface area contributed by atoms with Gasteiger partial charge in [0, 0.05) is 16.7 Å². The van der Waals surface area contributed by atoms with Crippen LogP contribution in [-0.4, -0.2) is 24.2 Å². The van der Waals surface area contributed by atoms with E-state index in [4.69, 9.17) is 4.74 Å². The average molecular weight is 271 g/mol. The first kappa shape index (κ1) is 10.9. The molecule has 1 fully saturated rings. The van der Waals surface area contributed by atoms with Gasteiger partial charge in [-0.05, 0) is 54.3 Å². The van der Waals surface area contributed by atoms with Crippen LogP contribution < -0.4 is 10.1 Å². The molecule has 0 amide bonds. The number of aromatic nitrogens is 1. The predicted octanol–water partition coefficient (Wildman–Crippen LogP) is 2.36. The lowest BCUT2D eigenvalue weighted by molar-refractivity contribution is 0.180. The Morgan fingerprint density at radius 1 is 1.33 bits per heavy atom. The first-order chi connectivity index (χ1) is 7.34. The highest BCUT2D eigenvalue weighted by atomic mass is 79.9. The SMILES string of the molecule is Brc1ccc(OC2CCCNCC2)nc1. The van der Waals surface area contributed by atoms with Crippen molar-refractivity contribution in [2.45, 2.75) is 25.4 Å². The van der Waals surface area contributed by atoms with Crippen molar-refractivity contribution in [2.24, 2.45) is 0 Å². The van der Waals surface area contributed by atoms with E-state index in [1.165, 1.54) is 6.42 Å². The third kappa shape index (κ3) is 3.47. The van der Waals surface area contributed by atoms with Gasteiger partial charge in [-0.15, -0.1) is 0 Å².